The van der Waals surface area contributed by atoms with Crippen molar-refractivity contribution >= 4 is 11.6 Å². The molecule has 0 aliphatic carbocycles. The van der Waals surface area contributed by atoms with Crippen LogP contribution in [-0.4, -0.2) is 0 Å². The quantitative estimate of drug-likeness (QED) is 0.852. The predicted octanol–water partition coefficient (Wildman–Crippen LogP) is 4.19. The molecule has 2 rings (SSSR count). The second-order valence-corrected chi connectivity index (χ2v) is 4.58. The molecule has 0 heterocycles. The molecule has 0 spiro atoms. The van der Waals surface area contributed by atoms with Crippen LogP contribution in [0.15, 0.2) is 54.6 Å². The lowest BCUT2D eigenvalue weighted by molar-refractivity contribution is 0.575. The molecule has 2 aromatic rings. The highest BCUT2D eigenvalue weighted by Crippen LogP contribution is 2.17. The summed E-state index contributed by atoms with van der Waals surface area (Å²) in [6, 6.07) is 18.7. The minimum atomic E-state index is 0.300. The normalized spacial score (nSPS) is 12.4. The van der Waals surface area contributed by atoms with E-state index in [2.05, 4.69) is 42.6 Å². The maximum absolute atomic E-state index is 5.98. The van der Waals surface area contributed by atoms with Crippen LogP contribution >= 0.6 is 11.6 Å². The molecule has 2 aromatic carbocycles. The summed E-state index contributed by atoms with van der Waals surface area (Å²) >= 11 is 5.98. The van der Waals surface area contributed by atoms with Crippen molar-refractivity contribution in [3.8, 4) is 0 Å². The molecule has 0 aromatic heterocycles. The third-order valence-corrected chi connectivity index (χ3v) is 3.04. The van der Waals surface area contributed by atoms with Crippen molar-refractivity contribution in [3.05, 3.63) is 70.7 Å². The van der Waals surface area contributed by atoms with E-state index < -0.39 is 0 Å². The van der Waals surface area contributed by atoms with Gasteiger partial charge >= 0.3 is 0 Å². The van der Waals surface area contributed by atoms with Gasteiger partial charge in [-0.25, -0.2) is 0 Å². The fraction of sp³-hybridized carbons (Fsp3) is 0.200. The summed E-state index contributed by atoms with van der Waals surface area (Å²) in [5.74, 6) is 0. The summed E-state index contributed by atoms with van der Waals surface area (Å²) in [5.41, 5.74) is 2.51. The molecule has 1 unspecified atom stereocenters. The van der Waals surface area contributed by atoms with Gasteiger partial charge in [-0.15, -0.1) is 0 Å². The van der Waals surface area contributed by atoms with Crippen LogP contribution < -0.4 is 5.32 Å². The summed E-state index contributed by atoms with van der Waals surface area (Å²) in [6.45, 7) is 3.02. The van der Waals surface area contributed by atoms with E-state index in [0.717, 1.165) is 11.6 Å². The highest BCUT2D eigenvalue weighted by molar-refractivity contribution is 6.30. The van der Waals surface area contributed by atoms with Gasteiger partial charge in [-0.1, -0.05) is 54.1 Å². The standard InChI is InChI=1S/C15H16ClN/c1-12(14-8-5-9-15(16)10-14)17-11-13-6-3-2-4-7-13/h2-10,12,17H,11H2,1H3. The minimum absolute atomic E-state index is 0.300. The molecular weight excluding hydrogens is 230 g/mol. The van der Waals surface area contributed by atoms with Crippen LogP contribution in [0.4, 0.5) is 0 Å². The number of halogens is 1. The largest absolute Gasteiger partial charge is 0.306 e. The first-order valence-electron chi connectivity index (χ1n) is 5.78. The lowest BCUT2D eigenvalue weighted by Crippen LogP contribution is -2.17. The molecule has 0 amide bonds. The molecule has 0 bridgehead atoms. The van der Waals surface area contributed by atoms with Gasteiger partial charge in [0.25, 0.3) is 0 Å². The van der Waals surface area contributed by atoms with Gasteiger partial charge in [0.15, 0.2) is 0 Å². The Bertz CT molecular complexity index is 467. The maximum Gasteiger partial charge on any atom is 0.0409 e. The smallest absolute Gasteiger partial charge is 0.0409 e. The fourth-order valence-corrected chi connectivity index (χ4v) is 1.96. The fourth-order valence-electron chi connectivity index (χ4n) is 1.76. The van der Waals surface area contributed by atoms with Crippen LogP contribution in [0.2, 0.25) is 5.02 Å². The van der Waals surface area contributed by atoms with Crippen molar-refractivity contribution in [2.75, 3.05) is 0 Å². The highest BCUT2D eigenvalue weighted by Gasteiger charge is 2.04. The SMILES string of the molecule is CC(NCc1ccccc1)c1cccc(Cl)c1. The van der Waals surface area contributed by atoms with E-state index in [-0.39, 0.29) is 0 Å². The molecule has 88 valence electrons. The molecule has 0 aliphatic heterocycles. The van der Waals surface area contributed by atoms with Crippen LogP contribution in [0.3, 0.4) is 0 Å². The van der Waals surface area contributed by atoms with Crippen molar-refractivity contribution in [1.82, 2.24) is 5.32 Å². The summed E-state index contributed by atoms with van der Waals surface area (Å²) in [7, 11) is 0. The number of nitrogens with one attached hydrogen (secondary N) is 1. The second-order valence-electron chi connectivity index (χ2n) is 4.14. The molecule has 0 saturated carbocycles. The Balaban J connectivity index is 1.96. The van der Waals surface area contributed by atoms with Crippen LogP contribution in [0.25, 0.3) is 0 Å². The second kappa shape index (κ2) is 5.85. The van der Waals surface area contributed by atoms with E-state index in [1.54, 1.807) is 0 Å². The van der Waals surface area contributed by atoms with Gasteiger partial charge in [0.2, 0.25) is 0 Å². The van der Waals surface area contributed by atoms with E-state index in [4.69, 9.17) is 11.6 Å². The molecular formula is C15H16ClN. The lowest BCUT2D eigenvalue weighted by atomic mass is 10.1. The van der Waals surface area contributed by atoms with E-state index in [9.17, 15) is 0 Å². The van der Waals surface area contributed by atoms with Gasteiger partial charge in [0.1, 0.15) is 0 Å². The average molecular weight is 246 g/mol. The van der Waals surface area contributed by atoms with Crippen molar-refractivity contribution in [3.63, 3.8) is 0 Å². The van der Waals surface area contributed by atoms with Crippen LogP contribution in [0.5, 0.6) is 0 Å². The van der Waals surface area contributed by atoms with E-state index in [1.165, 1.54) is 11.1 Å². The number of hydrogen-bond donors (Lipinski definition) is 1. The first-order chi connectivity index (χ1) is 8.25. The minimum Gasteiger partial charge on any atom is -0.306 e. The Labute approximate surface area is 107 Å². The lowest BCUT2D eigenvalue weighted by Gasteiger charge is -2.14. The summed E-state index contributed by atoms with van der Waals surface area (Å²) < 4.78 is 0. The highest BCUT2D eigenvalue weighted by atomic mass is 35.5. The molecule has 1 N–H and O–H groups in total. The first kappa shape index (κ1) is 12.2. The topological polar surface area (TPSA) is 12.0 Å². The van der Waals surface area contributed by atoms with Crippen LogP contribution in [-0.2, 0) is 6.54 Å². The first-order valence-corrected chi connectivity index (χ1v) is 6.16. The van der Waals surface area contributed by atoms with Gasteiger partial charge < -0.3 is 5.32 Å². The Morgan fingerprint density at radius 1 is 1.06 bits per heavy atom. The zero-order valence-electron chi connectivity index (χ0n) is 9.86. The number of benzene rings is 2. The molecule has 1 atom stereocenters. The molecule has 0 saturated heterocycles. The van der Waals surface area contributed by atoms with Crippen molar-refractivity contribution in [1.29, 1.82) is 0 Å². The number of rotatable bonds is 4. The zero-order valence-corrected chi connectivity index (χ0v) is 10.6. The Kier molecular flexibility index (Phi) is 4.18. The summed E-state index contributed by atoms with van der Waals surface area (Å²) in [5, 5.41) is 4.27. The van der Waals surface area contributed by atoms with Gasteiger partial charge in [-0.05, 0) is 30.2 Å². The van der Waals surface area contributed by atoms with Crippen LogP contribution in [0.1, 0.15) is 24.1 Å². The summed E-state index contributed by atoms with van der Waals surface area (Å²) in [6.07, 6.45) is 0. The summed E-state index contributed by atoms with van der Waals surface area (Å²) in [4.78, 5) is 0. The molecule has 0 fully saturated rings. The molecule has 0 aliphatic rings. The third-order valence-electron chi connectivity index (χ3n) is 2.80. The number of hydrogen-bond acceptors (Lipinski definition) is 1. The van der Waals surface area contributed by atoms with Gasteiger partial charge in [-0.2, -0.15) is 0 Å². The van der Waals surface area contributed by atoms with E-state index in [0.29, 0.717) is 6.04 Å². The van der Waals surface area contributed by atoms with Crippen molar-refractivity contribution in [2.24, 2.45) is 0 Å². The van der Waals surface area contributed by atoms with Crippen molar-refractivity contribution < 1.29 is 0 Å². The average Bonchev–Trinajstić information content (AvgIpc) is 2.37. The van der Waals surface area contributed by atoms with E-state index in [1.807, 2.05) is 24.3 Å². The molecule has 2 heteroatoms. The third kappa shape index (κ3) is 3.58. The van der Waals surface area contributed by atoms with E-state index >= 15 is 0 Å². The molecule has 17 heavy (non-hydrogen) atoms. The monoisotopic (exact) mass is 245 g/mol. The van der Waals surface area contributed by atoms with Crippen molar-refractivity contribution in [2.45, 2.75) is 19.5 Å². The zero-order chi connectivity index (χ0) is 12.1. The Morgan fingerprint density at radius 3 is 2.53 bits per heavy atom. The predicted molar refractivity (Wildman–Crippen MR) is 73.1 cm³/mol. The molecule has 0 radical (unpaired) electrons. The van der Waals surface area contributed by atoms with Gasteiger partial charge in [0, 0.05) is 17.6 Å². The molecule has 1 nitrogen and oxygen atoms in total. The van der Waals surface area contributed by atoms with Crippen LogP contribution in [0, 0.1) is 0 Å². The Morgan fingerprint density at radius 2 is 1.82 bits per heavy atom. The van der Waals surface area contributed by atoms with Gasteiger partial charge in [0.05, 0.1) is 0 Å². The van der Waals surface area contributed by atoms with Gasteiger partial charge in [-0.3, -0.25) is 0 Å². The Hall–Kier alpha value is -1.31. The maximum atomic E-state index is 5.98.